The third-order valence-corrected chi connectivity index (χ3v) is 5.77. The van der Waals surface area contributed by atoms with E-state index in [1.54, 1.807) is 30.3 Å². The molecule has 0 bridgehead atoms. The maximum atomic E-state index is 12.3. The smallest absolute Gasteiger partial charge is 0.234 e. The Morgan fingerprint density at radius 2 is 2.00 bits per heavy atom. The molecule has 1 fully saturated rings. The number of hydrogen-bond donors (Lipinski definition) is 1. The number of carbonyl (C=O) groups excluding carboxylic acids is 1. The van der Waals surface area contributed by atoms with E-state index in [2.05, 4.69) is 20.1 Å². The fourth-order valence-corrected chi connectivity index (χ4v) is 4.01. The molecule has 0 saturated heterocycles. The average Bonchev–Trinajstić information content (AvgIpc) is 3.46. The number of nitrogens with zero attached hydrogens (tertiary/aromatic N) is 3. The summed E-state index contributed by atoms with van der Waals surface area (Å²) in [6.45, 7) is 0.266. The molecule has 2 aromatic carbocycles. The van der Waals surface area contributed by atoms with E-state index in [1.807, 2.05) is 18.2 Å². The van der Waals surface area contributed by atoms with E-state index >= 15 is 0 Å². The number of carbonyl (C=O) groups is 1. The summed E-state index contributed by atoms with van der Waals surface area (Å²) in [4.78, 5) is 12.3. The summed E-state index contributed by atoms with van der Waals surface area (Å²) in [5, 5.41) is 13.2. The number of amides is 1. The monoisotopic (exact) mass is 448 g/mol. The predicted molar refractivity (Wildman–Crippen MR) is 115 cm³/mol. The molecule has 150 valence electrons. The summed E-state index contributed by atoms with van der Waals surface area (Å²) in [5.41, 5.74) is 0.667. The molecule has 1 aliphatic rings. The van der Waals surface area contributed by atoms with Crippen molar-refractivity contribution in [1.82, 2.24) is 14.8 Å². The van der Waals surface area contributed by atoms with E-state index in [9.17, 15) is 4.79 Å². The number of aromatic nitrogens is 3. The van der Waals surface area contributed by atoms with Gasteiger partial charge in [-0.05, 0) is 43.2 Å². The van der Waals surface area contributed by atoms with Gasteiger partial charge in [0, 0.05) is 16.8 Å². The molecular weight excluding hydrogens is 431 g/mol. The SMILES string of the molecule is O=C(CSc1nnc(COc2ccccc2Cl)n1C1CC1)Nc1cccc(Cl)c1. The zero-order valence-corrected chi connectivity index (χ0v) is 17.7. The number of hydrogen-bond acceptors (Lipinski definition) is 5. The topological polar surface area (TPSA) is 69.0 Å². The van der Waals surface area contributed by atoms with Crippen LogP contribution in [0.1, 0.15) is 24.7 Å². The Labute approximate surface area is 182 Å². The van der Waals surface area contributed by atoms with Gasteiger partial charge in [0.15, 0.2) is 11.0 Å². The predicted octanol–water partition coefficient (Wildman–Crippen LogP) is 5.23. The number of nitrogens with one attached hydrogen (secondary N) is 1. The fraction of sp³-hybridized carbons (Fsp3) is 0.250. The maximum Gasteiger partial charge on any atom is 0.234 e. The molecule has 4 rings (SSSR count). The van der Waals surface area contributed by atoms with Crippen molar-refractivity contribution < 1.29 is 9.53 Å². The lowest BCUT2D eigenvalue weighted by molar-refractivity contribution is -0.113. The van der Waals surface area contributed by atoms with Crippen molar-refractivity contribution in [3.05, 3.63) is 64.4 Å². The number of thioether (sulfide) groups is 1. The normalized spacial score (nSPS) is 13.3. The Morgan fingerprint density at radius 3 is 2.76 bits per heavy atom. The second-order valence-corrected chi connectivity index (χ2v) is 8.35. The van der Waals surface area contributed by atoms with Gasteiger partial charge in [0.05, 0.1) is 10.8 Å². The van der Waals surface area contributed by atoms with Crippen LogP contribution in [0, 0.1) is 0 Å². The van der Waals surface area contributed by atoms with E-state index in [0.717, 1.165) is 18.7 Å². The number of rotatable bonds is 8. The Hall–Kier alpha value is -2.22. The van der Waals surface area contributed by atoms with Gasteiger partial charge in [-0.25, -0.2) is 0 Å². The molecule has 1 amide bonds. The van der Waals surface area contributed by atoms with Gasteiger partial charge in [-0.3, -0.25) is 9.36 Å². The van der Waals surface area contributed by atoms with E-state index in [4.69, 9.17) is 27.9 Å². The molecule has 3 aromatic rings. The average molecular weight is 449 g/mol. The molecule has 0 radical (unpaired) electrons. The quantitative estimate of drug-likeness (QED) is 0.477. The van der Waals surface area contributed by atoms with Crippen LogP contribution < -0.4 is 10.1 Å². The molecule has 0 aliphatic heterocycles. The molecule has 1 heterocycles. The zero-order chi connectivity index (χ0) is 20.2. The lowest BCUT2D eigenvalue weighted by atomic mass is 10.3. The van der Waals surface area contributed by atoms with Crippen LogP contribution in [0.3, 0.4) is 0 Å². The van der Waals surface area contributed by atoms with Gasteiger partial charge in [-0.15, -0.1) is 10.2 Å². The van der Waals surface area contributed by atoms with Gasteiger partial charge < -0.3 is 10.1 Å². The Kier molecular flexibility index (Phi) is 6.28. The molecule has 29 heavy (non-hydrogen) atoms. The van der Waals surface area contributed by atoms with Gasteiger partial charge in [-0.2, -0.15) is 0 Å². The number of halogens is 2. The van der Waals surface area contributed by atoms with E-state index in [-0.39, 0.29) is 18.3 Å². The largest absolute Gasteiger partial charge is 0.484 e. The maximum absolute atomic E-state index is 12.3. The number of anilines is 1. The van der Waals surface area contributed by atoms with Crippen molar-refractivity contribution in [1.29, 1.82) is 0 Å². The minimum atomic E-state index is -0.128. The summed E-state index contributed by atoms with van der Waals surface area (Å²) < 4.78 is 7.88. The lowest BCUT2D eigenvalue weighted by Crippen LogP contribution is -2.15. The molecule has 0 unspecified atom stereocenters. The van der Waals surface area contributed by atoms with Crippen molar-refractivity contribution in [2.24, 2.45) is 0 Å². The summed E-state index contributed by atoms with van der Waals surface area (Å²) in [6, 6.07) is 14.7. The molecule has 9 heteroatoms. The Morgan fingerprint density at radius 1 is 1.17 bits per heavy atom. The summed E-state index contributed by atoms with van der Waals surface area (Å²) in [6.07, 6.45) is 2.14. The van der Waals surface area contributed by atoms with Crippen molar-refractivity contribution in [3.8, 4) is 5.75 Å². The van der Waals surface area contributed by atoms with Gasteiger partial charge in [0.25, 0.3) is 0 Å². The molecular formula is C20H18Cl2N4O2S. The first-order valence-electron chi connectivity index (χ1n) is 9.09. The van der Waals surface area contributed by atoms with Gasteiger partial charge in [0.2, 0.25) is 5.91 Å². The first kappa shape index (κ1) is 20.1. The summed E-state index contributed by atoms with van der Waals surface area (Å²) in [7, 11) is 0. The minimum absolute atomic E-state index is 0.128. The summed E-state index contributed by atoms with van der Waals surface area (Å²) >= 11 is 13.5. The second kappa shape index (κ2) is 9.07. The molecule has 1 aromatic heterocycles. The summed E-state index contributed by atoms with van der Waals surface area (Å²) in [5.74, 6) is 1.43. The van der Waals surface area contributed by atoms with E-state index < -0.39 is 0 Å². The van der Waals surface area contributed by atoms with Crippen LogP contribution in [0.4, 0.5) is 5.69 Å². The molecule has 0 spiro atoms. The zero-order valence-electron chi connectivity index (χ0n) is 15.3. The van der Waals surface area contributed by atoms with Crippen molar-refractivity contribution in [3.63, 3.8) is 0 Å². The standard InChI is InChI=1S/C20H18Cl2N4O2S/c21-13-4-3-5-14(10-13)23-19(27)12-29-20-25-24-18(26(20)15-8-9-15)11-28-17-7-2-1-6-16(17)22/h1-7,10,15H,8-9,11-12H2,(H,23,27). The number of para-hydroxylation sites is 1. The number of benzene rings is 2. The van der Waals surface area contributed by atoms with Crippen LogP contribution in [-0.4, -0.2) is 26.4 Å². The van der Waals surface area contributed by atoms with Crippen LogP contribution in [-0.2, 0) is 11.4 Å². The first-order chi connectivity index (χ1) is 14.1. The minimum Gasteiger partial charge on any atom is -0.484 e. The van der Waals surface area contributed by atoms with Crippen LogP contribution in [0.25, 0.3) is 0 Å². The third-order valence-electron chi connectivity index (χ3n) is 4.28. The first-order valence-corrected chi connectivity index (χ1v) is 10.8. The highest BCUT2D eigenvalue weighted by molar-refractivity contribution is 7.99. The molecule has 1 saturated carbocycles. The van der Waals surface area contributed by atoms with Crippen LogP contribution in [0.2, 0.25) is 10.0 Å². The van der Waals surface area contributed by atoms with Gasteiger partial charge in [-0.1, -0.05) is 53.2 Å². The number of ether oxygens (including phenoxy) is 1. The fourth-order valence-electron chi connectivity index (χ4n) is 2.80. The van der Waals surface area contributed by atoms with Crippen molar-refractivity contribution in [2.45, 2.75) is 30.6 Å². The highest BCUT2D eigenvalue weighted by atomic mass is 35.5. The van der Waals surface area contributed by atoms with E-state index in [1.165, 1.54) is 11.8 Å². The second-order valence-electron chi connectivity index (χ2n) is 6.57. The van der Waals surface area contributed by atoms with Crippen LogP contribution >= 0.6 is 35.0 Å². The van der Waals surface area contributed by atoms with Crippen molar-refractivity contribution in [2.75, 3.05) is 11.1 Å². The Balaban J connectivity index is 1.39. The molecule has 0 atom stereocenters. The highest BCUT2D eigenvalue weighted by Gasteiger charge is 2.30. The molecule has 1 N–H and O–H groups in total. The van der Waals surface area contributed by atoms with Crippen molar-refractivity contribution >= 4 is 46.6 Å². The van der Waals surface area contributed by atoms with Gasteiger partial charge in [0.1, 0.15) is 12.4 Å². The molecule has 1 aliphatic carbocycles. The van der Waals surface area contributed by atoms with Gasteiger partial charge >= 0.3 is 0 Å². The molecule has 6 nitrogen and oxygen atoms in total. The van der Waals surface area contributed by atoms with Crippen LogP contribution in [0.15, 0.2) is 53.7 Å². The van der Waals surface area contributed by atoms with Crippen LogP contribution in [0.5, 0.6) is 5.75 Å². The highest BCUT2D eigenvalue weighted by Crippen LogP contribution is 2.39. The third kappa shape index (κ3) is 5.23. The lowest BCUT2D eigenvalue weighted by Gasteiger charge is -2.11. The Bertz CT molecular complexity index is 1020. The van der Waals surface area contributed by atoms with E-state index in [0.29, 0.717) is 32.7 Å².